The SMILES string of the molecule is NC(=O)CCc1cncc2nccnc12. The third-order valence-corrected chi connectivity index (χ3v) is 2.10. The topological polar surface area (TPSA) is 81.8 Å². The van der Waals surface area contributed by atoms with Gasteiger partial charge in [-0.2, -0.15) is 0 Å². The molecule has 15 heavy (non-hydrogen) atoms. The molecule has 2 aromatic rings. The molecule has 0 aliphatic carbocycles. The Morgan fingerprint density at radius 3 is 2.87 bits per heavy atom. The smallest absolute Gasteiger partial charge is 0.217 e. The molecule has 5 heteroatoms. The van der Waals surface area contributed by atoms with Crippen LogP contribution < -0.4 is 5.73 Å². The van der Waals surface area contributed by atoms with Crippen LogP contribution >= 0.6 is 0 Å². The first-order chi connectivity index (χ1) is 7.27. The summed E-state index contributed by atoms with van der Waals surface area (Å²) in [6.45, 7) is 0. The highest BCUT2D eigenvalue weighted by Crippen LogP contribution is 2.13. The van der Waals surface area contributed by atoms with Crippen molar-refractivity contribution < 1.29 is 4.79 Å². The van der Waals surface area contributed by atoms with Crippen molar-refractivity contribution in [1.29, 1.82) is 0 Å². The van der Waals surface area contributed by atoms with Gasteiger partial charge in [0.05, 0.1) is 11.7 Å². The number of amides is 1. The lowest BCUT2D eigenvalue weighted by Gasteiger charge is -2.02. The van der Waals surface area contributed by atoms with E-state index in [9.17, 15) is 4.79 Å². The van der Waals surface area contributed by atoms with Gasteiger partial charge in [0, 0.05) is 25.0 Å². The van der Waals surface area contributed by atoms with Crippen LogP contribution in [0.3, 0.4) is 0 Å². The van der Waals surface area contributed by atoms with E-state index in [0.717, 1.165) is 16.6 Å². The van der Waals surface area contributed by atoms with Crippen LogP contribution in [0.1, 0.15) is 12.0 Å². The quantitative estimate of drug-likeness (QED) is 0.783. The molecular formula is C10H10N4O. The van der Waals surface area contributed by atoms with Gasteiger partial charge in [-0.1, -0.05) is 0 Å². The third-order valence-electron chi connectivity index (χ3n) is 2.10. The summed E-state index contributed by atoms with van der Waals surface area (Å²) < 4.78 is 0. The maximum Gasteiger partial charge on any atom is 0.217 e. The number of rotatable bonds is 3. The first-order valence-electron chi connectivity index (χ1n) is 4.59. The first-order valence-corrected chi connectivity index (χ1v) is 4.59. The van der Waals surface area contributed by atoms with Crippen molar-refractivity contribution in [2.24, 2.45) is 5.73 Å². The van der Waals surface area contributed by atoms with Crippen LogP contribution in [0.5, 0.6) is 0 Å². The van der Waals surface area contributed by atoms with Crippen molar-refractivity contribution in [3.63, 3.8) is 0 Å². The standard InChI is InChI=1S/C10H10N4O/c11-9(15)2-1-7-5-12-6-8-10(7)14-4-3-13-8/h3-6H,1-2H2,(H2,11,15). The molecule has 2 N–H and O–H groups in total. The maximum absolute atomic E-state index is 10.7. The molecule has 2 heterocycles. The largest absolute Gasteiger partial charge is 0.370 e. The molecule has 2 aromatic heterocycles. The van der Waals surface area contributed by atoms with Crippen molar-refractivity contribution in [2.75, 3.05) is 0 Å². The molecule has 0 atom stereocenters. The van der Waals surface area contributed by atoms with Crippen LogP contribution in [0.15, 0.2) is 24.8 Å². The lowest BCUT2D eigenvalue weighted by Crippen LogP contribution is -2.11. The van der Waals surface area contributed by atoms with Crippen molar-refractivity contribution in [3.05, 3.63) is 30.4 Å². The average Bonchev–Trinajstić information content (AvgIpc) is 2.26. The second-order valence-electron chi connectivity index (χ2n) is 3.19. The summed E-state index contributed by atoms with van der Waals surface area (Å²) >= 11 is 0. The minimum absolute atomic E-state index is 0.303. The van der Waals surface area contributed by atoms with Gasteiger partial charge in [0.15, 0.2) is 0 Å². The molecule has 0 radical (unpaired) electrons. The van der Waals surface area contributed by atoms with E-state index in [1.807, 2.05) is 0 Å². The normalized spacial score (nSPS) is 10.4. The van der Waals surface area contributed by atoms with Gasteiger partial charge < -0.3 is 5.73 Å². The number of carbonyl (C=O) groups is 1. The molecular weight excluding hydrogens is 192 g/mol. The molecule has 76 valence electrons. The Hall–Kier alpha value is -2.04. The highest BCUT2D eigenvalue weighted by atomic mass is 16.1. The fourth-order valence-electron chi connectivity index (χ4n) is 1.39. The third kappa shape index (κ3) is 2.07. The summed E-state index contributed by atoms with van der Waals surface area (Å²) in [5.74, 6) is -0.323. The molecule has 0 unspecified atom stereocenters. The Morgan fingerprint density at radius 2 is 2.07 bits per heavy atom. The summed E-state index contributed by atoms with van der Waals surface area (Å²) in [5.41, 5.74) is 7.51. The summed E-state index contributed by atoms with van der Waals surface area (Å²) in [6.07, 6.45) is 7.43. The van der Waals surface area contributed by atoms with Crippen molar-refractivity contribution >= 4 is 16.9 Å². The molecule has 0 saturated carbocycles. The minimum Gasteiger partial charge on any atom is -0.370 e. The molecule has 5 nitrogen and oxygen atoms in total. The molecule has 1 amide bonds. The molecule has 2 rings (SSSR count). The number of pyridine rings is 1. The van der Waals surface area contributed by atoms with E-state index < -0.39 is 0 Å². The zero-order valence-corrected chi connectivity index (χ0v) is 8.05. The molecule has 0 aromatic carbocycles. The zero-order valence-electron chi connectivity index (χ0n) is 8.05. The number of carbonyl (C=O) groups excluding carboxylic acids is 1. The maximum atomic E-state index is 10.7. The van der Waals surface area contributed by atoms with E-state index in [4.69, 9.17) is 5.73 Å². The van der Waals surface area contributed by atoms with Crippen LogP contribution in [0.4, 0.5) is 0 Å². The number of hydrogen-bond acceptors (Lipinski definition) is 4. The number of nitrogens with two attached hydrogens (primary N) is 1. The molecule has 0 spiro atoms. The van der Waals surface area contributed by atoms with Crippen LogP contribution in [-0.2, 0) is 11.2 Å². The minimum atomic E-state index is -0.323. The lowest BCUT2D eigenvalue weighted by atomic mass is 10.1. The average molecular weight is 202 g/mol. The van der Waals surface area contributed by atoms with E-state index in [2.05, 4.69) is 15.0 Å². The predicted molar refractivity (Wildman–Crippen MR) is 54.8 cm³/mol. The van der Waals surface area contributed by atoms with Gasteiger partial charge in [0.25, 0.3) is 0 Å². The number of aryl methyl sites for hydroxylation is 1. The first kappa shape index (κ1) is 9.51. The number of aromatic nitrogens is 3. The van der Waals surface area contributed by atoms with E-state index in [1.165, 1.54) is 0 Å². The van der Waals surface area contributed by atoms with Crippen molar-refractivity contribution in [2.45, 2.75) is 12.8 Å². The zero-order chi connectivity index (χ0) is 10.7. The number of primary amides is 1. The summed E-state index contributed by atoms with van der Waals surface area (Å²) in [7, 11) is 0. The van der Waals surface area contributed by atoms with Gasteiger partial charge in [0.2, 0.25) is 5.91 Å². The fraction of sp³-hybridized carbons (Fsp3) is 0.200. The number of nitrogens with zero attached hydrogens (tertiary/aromatic N) is 3. The Bertz CT molecular complexity index is 492. The van der Waals surface area contributed by atoms with Gasteiger partial charge in [-0.15, -0.1) is 0 Å². The fourth-order valence-corrected chi connectivity index (χ4v) is 1.39. The van der Waals surface area contributed by atoms with Gasteiger partial charge >= 0.3 is 0 Å². The van der Waals surface area contributed by atoms with Gasteiger partial charge in [-0.3, -0.25) is 19.7 Å². The Morgan fingerprint density at radius 1 is 1.27 bits per heavy atom. The molecule has 0 aliphatic heterocycles. The molecule has 0 aliphatic rings. The second-order valence-corrected chi connectivity index (χ2v) is 3.19. The molecule has 0 fully saturated rings. The second kappa shape index (κ2) is 4.00. The summed E-state index contributed by atoms with van der Waals surface area (Å²) in [6, 6.07) is 0. The van der Waals surface area contributed by atoms with Gasteiger partial charge in [-0.25, -0.2) is 0 Å². The number of hydrogen-bond donors (Lipinski definition) is 1. The Labute approximate surface area is 86.4 Å². The van der Waals surface area contributed by atoms with Crippen LogP contribution in [-0.4, -0.2) is 20.9 Å². The van der Waals surface area contributed by atoms with Crippen LogP contribution in [0.2, 0.25) is 0 Å². The highest BCUT2D eigenvalue weighted by Gasteiger charge is 2.04. The van der Waals surface area contributed by atoms with Crippen molar-refractivity contribution in [3.8, 4) is 0 Å². The van der Waals surface area contributed by atoms with Crippen molar-refractivity contribution in [1.82, 2.24) is 15.0 Å². The highest BCUT2D eigenvalue weighted by molar-refractivity contribution is 5.78. The van der Waals surface area contributed by atoms with Crippen LogP contribution in [0.25, 0.3) is 11.0 Å². The summed E-state index contributed by atoms with van der Waals surface area (Å²) in [4.78, 5) is 23.0. The molecule has 0 saturated heterocycles. The molecule has 0 bridgehead atoms. The van der Waals surface area contributed by atoms with Gasteiger partial charge in [-0.05, 0) is 12.0 Å². The predicted octanol–water partition coefficient (Wildman–Crippen LogP) is 0.443. The summed E-state index contributed by atoms with van der Waals surface area (Å²) in [5, 5.41) is 0. The Balaban J connectivity index is 2.38. The Kier molecular flexibility index (Phi) is 2.53. The monoisotopic (exact) mass is 202 g/mol. The lowest BCUT2D eigenvalue weighted by molar-refractivity contribution is -0.117. The van der Waals surface area contributed by atoms with E-state index in [-0.39, 0.29) is 5.91 Å². The van der Waals surface area contributed by atoms with E-state index in [0.29, 0.717) is 12.8 Å². The van der Waals surface area contributed by atoms with E-state index in [1.54, 1.807) is 24.8 Å². The van der Waals surface area contributed by atoms with Crippen LogP contribution in [0, 0.1) is 0 Å². The van der Waals surface area contributed by atoms with Gasteiger partial charge in [0.1, 0.15) is 5.52 Å². The number of fused-ring (bicyclic) bond motifs is 1. The van der Waals surface area contributed by atoms with E-state index >= 15 is 0 Å².